The summed E-state index contributed by atoms with van der Waals surface area (Å²) in [5.74, 6) is 0.763. The van der Waals surface area contributed by atoms with E-state index < -0.39 is 10.0 Å². The molecule has 0 aromatic carbocycles. The van der Waals surface area contributed by atoms with Crippen molar-refractivity contribution in [3.63, 3.8) is 0 Å². The van der Waals surface area contributed by atoms with Gasteiger partial charge in [-0.3, -0.25) is 0 Å². The van der Waals surface area contributed by atoms with Gasteiger partial charge in [0.05, 0.1) is 0 Å². The molecule has 0 bridgehead atoms. The van der Waals surface area contributed by atoms with E-state index in [1.54, 1.807) is 12.3 Å². The summed E-state index contributed by atoms with van der Waals surface area (Å²) < 4.78 is 22.1. The molecule has 0 spiro atoms. The number of sulfonamides is 1. The molecule has 0 amide bonds. The number of nitrogens with zero attached hydrogens (tertiary/aromatic N) is 1. The Morgan fingerprint density at radius 2 is 2.31 bits per heavy atom. The van der Waals surface area contributed by atoms with Crippen LogP contribution < -0.4 is 5.14 Å². The first-order valence-corrected chi connectivity index (χ1v) is 6.19. The highest BCUT2D eigenvalue weighted by atomic mass is 32.2. The fourth-order valence-corrected chi connectivity index (χ4v) is 2.55. The highest BCUT2D eigenvalue weighted by Gasteiger charge is 2.13. The molecule has 0 aliphatic rings. The molecular weight excluding hydrogens is 208 g/mol. The number of rotatable bonds is 3. The topological polar surface area (TPSA) is 73.0 Å². The van der Waals surface area contributed by atoms with E-state index in [0.717, 1.165) is 5.75 Å². The highest BCUT2D eigenvalue weighted by molar-refractivity contribution is 8.00. The zero-order chi connectivity index (χ0) is 9.90. The number of hydrogen-bond acceptors (Lipinski definition) is 4. The summed E-state index contributed by atoms with van der Waals surface area (Å²) in [6.45, 7) is 1.92. The summed E-state index contributed by atoms with van der Waals surface area (Å²) in [5, 5.41) is 5.47. The Morgan fingerprint density at radius 3 is 2.85 bits per heavy atom. The van der Waals surface area contributed by atoms with Gasteiger partial charge in [0.15, 0.2) is 0 Å². The fourth-order valence-electron chi connectivity index (χ4n) is 0.838. The standard InChI is InChI=1S/C7H10N2O2S2/c1-2-12-7-6(13(8,10)11)4-3-5-9-7/h3-5H,2H2,1H3,(H2,8,10,11). The lowest BCUT2D eigenvalue weighted by atomic mass is 10.5. The Bertz CT molecular complexity index is 389. The molecule has 0 aliphatic carbocycles. The van der Waals surface area contributed by atoms with Crippen LogP contribution in [0.1, 0.15) is 6.92 Å². The number of aromatic nitrogens is 1. The predicted molar refractivity (Wildman–Crippen MR) is 52.0 cm³/mol. The van der Waals surface area contributed by atoms with Gasteiger partial charge in [0, 0.05) is 6.20 Å². The molecule has 0 saturated heterocycles. The second kappa shape index (κ2) is 4.08. The van der Waals surface area contributed by atoms with E-state index in [1.165, 1.54) is 17.8 Å². The number of pyridine rings is 1. The third-order valence-corrected chi connectivity index (χ3v) is 3.28. The molecular formula is C7H10N2O2S2. The summed E-state index contributed by atoms with van der Waals surface area (Å²) in [6.07, 6.45) is 1.55. The lowest BCUT2D eigenvalue weighted by molar-refractivity contribution is 0.594. The maximum absolute atomic E-state index is 11.1. The first kappa shape index (κ1) is 10.5. The number of primary sulfonamides is 1. The second-order valence-electron chi connectivity index (χ2n) is 2.28. The van der Waals surface area contributed by atoms with E-state index >= 15 is 0 Å². The SMILES string of the molecule is CCSc1ncccc1S(N)(=O)=O. The van der Waals surface area contributed by atoms with Gasteiger partial charge in [-0.15, -0.1) is 11.8 Å². The molecule has 0 unspecified atom stereocenters. The molecule has 1 heterocycles. The van der Waals surface area contributed by atoms with Crippen molar-refractivity contribution in [3.05, 3.63) is 18.3 Å². The summed E-state index contributed by atoms with van der Waals surface area (Å²) in [7, 11) is -3.64. The first-order chi connectivity index (χ1) is 6.05. The van der Waals surface area contributed by atoms with Gasteiger partial charge in [0.1, 0.15) is 9.92 Å². The monoisotopic (exact) mass is 218 g/mol. The smallest absolute Gasteiger partial charge is 0.240 e. The Labute approximate surface area is 81.6 Å². The molecule has 0 atom stereocenters. The molecule has 0 fully saturated rings. The van der Waals surface area contributed by atoms with Gasteiger partial charge >= 0.3 is 0 Å². The molecule has 2 N–H and O–H groups in total. The third-order valence-electron chi connectivity index (χ3n) is 1.32. The van der Waals surface area contributed by atoms with Crippen LogP contribution in [0, 0.1) is 0 Å². The van der Waals surface area contributed by atoms with Gasteiger partial charge in [-0.05, 0) is 17.9 Å². The molecule has 0 radical (unpaired) electrons. The maximum Gasteiger partial charge on any atom is 0.240 e. The van der Waals surface area contributed by atoms with Crippen molar-refractivity contribution < 1.29 is 8.42 Å². The Morgan fingerprint density at radius 1 is 1.62 bits per heavy atom. The summed E-state index contributed by atoms with van der Waals surface area (Å²) >= 11 is 1.36. The van der Waals surface area contributed by atoms with Crippen LogP contribution in [0.2, 0.25) is 0 Å². The predicted octanol–water partition coefficient (Wildman–Crippen LogP) is 0.841. The minimum Gasteiger partial charge on any atom is -0.249 e. The minimum absolute atomic E-state index is 0.0989. The molecule has 72 valence electrons. The van der Waals surface area contributed by atoms with Crippen LogP contribution >= 0.6 is 11.8 Å². The second-order valence-corrected chi connectivity index (χ2v) is 5.07. The molecule has 0 aliphatic heterocycles. The van der Waals surface area contributed by atoms with Crippen molar-refractivity contribution in [1.29, 1.82) is 0 Å². The fraction of sp³-hybridized carbons (Fsp3) is 0.286. The van der Waals surface area contributed by atoms with Crippen molar-refractivity contribution >= 4 is 21.8 Å². The van der Waals surface area contributed by atoms with Crippen molar-refractivity contribution in [2.75, 3.05) is 5.75 Å². The van der Waals surface area contributed by atoms with Crippen LogP contribution in [-0.2, 0) is 10.0 Å². The average Bonchev–Trinajstić information content (AvgIpc) is 2.04. The van der Waals surface area contributed by atoms with Crippen LogP contribution in [-0.4, -0.2) is 19.2 Å². The first-order valence-electron chi connectivity index (χ1n) is 3.66. The van der Waals surface area contributed by atoms with E-state index in [4.69, 9.17) is 5.14 Å². The largest absolute Gasteiger partial charge is 0.249 e. The molecule has 1 aromatic rings. The Balaban J connectivity index is 3.20. The zero-order valence-corrected chi connectivity index (χ0v) is 8.73. The van der Waals surface area contributed by atoms with Gasteiger partial charge < -0.3 is 0 Å². The molecule has 4 nitrogen and oxygen atoms in total. The minimum atomic E-state index is -3.64. The lowest BCUT2D eigenvalue weighted by Crippen LogP contribution is -2.13. The molecule has 6 heteroatoms. The Hall–Kier alpha value is -0.590. The third kappa shape index (κ3) is 2.68. The number of thioether (sulfide) groups is 1. The lowest BCUT2D eigenvalue weighted by Gasteiger charge is -2.03. The van der Waals surface area contributed by atoms with E-state index in [9.17, 15) is 8.42 Å². The van der Waals surface area contributed by atoms with E-state index in [1.807, 2.05) is 6.92 Å². The van der Waals surface area contributed by atoms with Gasteiger partial charge in [0.2, 0.25) is 10.0 Å². The summed E-state index contributed by atoms with van der Waals surface area (Å²) in [6, 6.07) is 3.01. The van der Waals surface area contributed by atoms with Crippen LogP contribution in [0.15, 0.2) is 28.3 Å². The Kier molecular flexibility index (Phi) is 3.29. The summed E-state index contributed by atoms with van der Waals surface area (Å²) in [4.78, 5) is 4.04. The van der Waals surface area contributed by atoms with Gasteiger partial charge in [-0.1, -0.05) is 6.92 Å². The van der Waals surface area contributed by atoms with E-state index in [2.05, 4.69) is 4.98 Å². The maximum atomic E-state index is 11.1. The average molecular weight is 218 g/mol. The summed E-state index contributed by atoms with van der Waals surface area (Å²) in [5.41, 5.74) is 0. The van der Waals surface area contributed by atoms with Crippen molar-refractivity contribution in [2.45, 2.75) is 16.8 Å². The highest BCUT2D eigenvalue weighted by Crippen LogP contribution is 2.22. The van der Waals surface area contributed by atoms with Crippen LogP contribution in [0.3, 0.4) is 0 Å². The normalized spacial score (nSPS) is 11.5. The van der Waals surface area contributed by atoms with E-state index in [0.29, 0.717) is 5.03 Å². The molecule has 13 heavy (non-hydrogen) atoms. The molecule has 1 rings (SSSR count). The van der Waals surface area contributed by atoms with Crippen LogP contribution in [0.4, 0.5) is 0 Å². The van der Waals surface area contributed by atoms with E-state index in [-0.39, 0.29) is 4.90 Å². The zero-order valence-electron chi connectivity index (χ0n) is 7.10. The van der Waals surface area contributed by atoms with Crippen molar-refractivity contribution in [3.8, 4) is 0 Å². The van der Waals surface area contributed by atoms with Crippen molar-refractivity contribution in [1.82, 2.24) is 4.98 Å². The van der Waals surface area contributed by atoms with Gasteiger partial charge in [-0.2, -0.15) is 0 Å². The quantitative estimate of drug-likeness (QED) is 0.763. The molecule has 1 aromatic heterocycles. The van der Waals surface area contributed by atoms with Gasteiger partial charge in [0.25, 0.3) is 0 Å². The van der Waals surface area contributed by atoms with Crippen molar-refractivity contribution in [2.24, 2.45) is 5.14 Å². The molecule has 0 saturated carbocycles. The number of hydrogen-bond donors (Lipinski definition) is 1. The number of nitrogens with two attached hydrogens (primary N) is 1. The van der Waals surface area contributed by atoms with Crippen LogP contribution in [0.5, 0.6) is 0 Å². The van der Waals surface area contributed by atoms with Gasteiger partial charge in [-0.25, -0.2) is 18.5 Å². The van der Waals surface area contributed by atoms with Crippen LogP contribution in [0.25, 0.3) is 0 Å².